The summed E-state index contributed by atoms with van der Waals surface area (Å²) in [6.45, 7) is 4.58. The molecule has 1 N–H and O–H groups in total. The molecule has 2 aromatic rings. The summed E-state index contributed by atoms with van der Waals surface area (Å²) in [6, 6.07) is 16.5. The Balaban J connectivity index is 1.85. The molecule has 22 heavy (non-hydrogen) atoms. The predicted octanol–water partition coefficient (Wildman–Crippen LogP) is 2.88. The third kappa shape index (κ3) is 4.94. The largest absolute Gasteiger partial charge is 0.308 e. The standard InChI is InChI=1S/C17H21NO3S/c1-14-8-10-17(11-9-14)22(19,20)21-13-15(2)18-12-16-6-4-3-5-7-16/h3-11,15,18H,12-13H2,1-2H3. The van der Waals surface area contributed by atoms with Gasteiger partial charge in [0.15, 0.2) is 0 Å². The molecular weight excluding hydrogens is 298 g/mol. The summed E-state index contributed by atoms with van der Waals surface area (Å²) < 4.78 is 29.3. The fourth-order valence-electron chi connectivity index (χ4n) is 1.91. The van der Waals surface area contributed by atoms with Gasteiger partial charge in [0.1, 0.15) is 0 Å². The van der Waals surface area contributed by atoms with Crippen molar-refractivity contribution in [1.82, 2.24) is 5.32 Å². The van der Waals surface area contributed by atoms with E-state index in [2.05, 4.69) is 5.32 Å². The number of aryl methyl sites for hydroxylation is 1. The Morgan fingerprint density at radius 3 is 2.32 bits per heavy atom. The maximum Gasteiger partial charge on any atom is 0.297 e. The lowest BCUT2D eigenvalue weighted by molar-refractivity contribution is 0.276. The Morgan fingerprint density at radius 1 is 1.05 bits per heavy atom. The Hall–Kier alpha value is -1.69. The Morgan fingerprint density at radius 2 is 1.68 bits per heavy atom. The highest BCUT2D eigenvalue weighted by Crippen LogP contribution is 2.13. The van der Waals surface area contributed by atoms with Crippen molar-refractivity contribution in [2.24, 2.45) is 0 Å². The molecule has 5 heteroatoms. The molecule has 0 radical (unpaired) electrons. The van der Waals surface area contributed by atoms with Crippen LogP contribution in [0.1, 0.15) is 18.1 Å². The molecule has 1 atom stereocenters. The molecule has 0 aliphatic heterocycles. The van der Waals surface area contributed by atoms with Crippen LogP contribution < -0.4 is 5.32 Å². The highest BCUT2D eigenvalue weighted by Gasteiger charge is 2.16. The van der Waals surface area contributed by atoms with Crippen LogP contribution in [-0.4, -0.2) is 21.1 Å². The normalized spacial score (nSPS) is 13.0. The number of nitrogens with one attached hydrogen (secondary N) is 1. The predicted molar refractivity (Wildman–Crippen MR) is 87.1 cm³/mol. The van der Waals surface area contributed by atoms with Gasteiger partial charge in [-0.1, -0.05) is 48.0 Å². The summed E-state index contributed by atoms with van der Waals surface area (Å²) in [5.74, 6) is 0. The molecule has 0 bridgehead atoms. The molecule has 0 saturated heterocycles. The summed E-state index contributed by atoms with van der Waals surface area (Å²) in [5, 5.41) is 3.24. The van der Waals surface area contributed by atoms with E-state index >= 15 is 0 Å². The average Bonchev–Trinajstić information content (AvgIpc) is 2.52. The van der Waals surface area contributed by atoms with E-state index in [1.54, 1.807) is 24.3 Å². The number of hydrogen-bond donors (Lipinski definition) is 1. The van der Waals surface area contributed by atoms with Crippen LogP contribution in [0.4, 0.5) is 0 Å². The van der Waals surface area contributed by atoms with Gasteiger partial charge in [-0.05, 0) is 31.5 Å². The average molecular weight is 319 g/mol. The molecule has 0 spiro atoms. The van der Waals surface area contributed by atoms with E-state index in [4.69, 9.17) is 4.18 Å². The van der Waals surface area contributed by atoms with Gasteiger partial charge in [-0.25, -0.2) is 0 Å². The molecule has 0 fully saturated rings. The summed E-state index contributed by atoms with van der Waals surface area (Å²) >= 11 is 0. The molecule has 4 nitrogen and oxygen atoms in total. The Kier molecular flexibility index (Phi) is 5.71. The van der Waals surface area contributed by atoms with Gasteiger partial charge in [0.2, 0.25) is 0 Å². The molecule has 0 heterocycles. The van der Waals surface area contributed by atoms with Gasteiger partial charge >= 0.3 is 0 Å². The van der Waals surface area contributed by atoms with Crippen LogP contribution in [0.2, 0.25) is 0 Å². The van der Waals surface area contributed by atoms with E-state index < -0.39 is 10.1 Å². The van der Waals surface area contributed by atoms with Gasteiger partial charge in [0.05, 0.1) is 11.5 Å². The van der Waals surface area contributed by atoms with E-state index in [1.165, 1.54) is 0 Å². The van der Waals surface area contributed by atoms with E-state index in [1.807, 2.05) is 44.2 Å². The Labute approximate surface area is 132 Å². The van der Waals surface area contributed by atoms with Crippen molar-refractivity contribution in [3.63, 3.8) is 0 Å². The van der Waals surface area contributed by atoms with Crippen molar-refractivity contribution in [3.8, 4) is 0 Å². The maximum absolute atomic E-state index is 12.1. The number of rotatable bonds is 7. The zero-order chi connectivity index (χ0) is 16.0. The third-order valence-electron chi connectivity index (χ3n) is 3.28. The van der Waals surface area contributed by atoms with Crippen molar-refractivity contribution in [2.45, 2.75) is 31.3 Å². The van der Waals surface area contributed by atoms with Gasteiger partial charge in [-0.3, -0.25) is 4.18 Å². The van der Waals surface area contributed by atoms with Crippen LogP contribution in [0.5, 0.6) is 0 Å². The molecule has 0 saturated carbocycles. The van der Waals surface area contributed by atoms with Gasteiger partial charge in [-0.2, -0.15) is 8.42 Å². The van der Waals surface area contributed by atoms with Crippen LogP contribution >= 0.6 is 0 Å². The minimum atomic E-state index is -3.70. The van der Waals surface area contributed by atoms with Crippen LogP contribution in [0.15, 0.2) is 59.5 Å². The van der Waals surface area contributed by atoms with Crippen LogP contribution in [0, 0.1) is 6.92 Å². The highest BCUT2D eigenvalue weighted by molar-refractivity contribution is 7.86. The smallest absolute Gasteiger partial charge is 0.297 e. The maximum atomic E-state index is 12.1. The highest BCUT2D eigenvalue weighted by atomic mass is 32.2. The topological polar surface area (TPSA) is 55.4 Å². The van der Waals surface area contributed by atoms with Crippen LogP contribution in [0.25, 0.3) is 0 Å². The lowest BCUT2D eigenvalue weighted by Gasteiger charge is -2.14. The summed E-state index contributed by atoms with van der Waals surface area (Å²) in [7, 11) is -3.70. The first-order valence-electron chi connectivity index (χ1n) is 7.21. The summed E-state index contributed by atoms with van der Waals surface area (Å²) in [4.78, 5) is 0.188. The first-order valence-corrected chi connectivity index (χ1v) is 8.61. The fourth-order valence-corrected chi connectivity index (χ4v) is 2.90. The second-order valence-electron chi connectivity index (χ2n) is 5.32. The van der Waals surface area contributed by atoms with Gasteiger partial charge in [-0.15, -0.1) is 0 Å². The van der Waals surface area contributed by atoms with Crippen molar-refractivity contribution in [2.75, 3.05) is 6.61 Å². The molecule has 0 aliphatic rings. The molecule has 0 aromatic heterocycles. The van der Waals surface area contributed by atoms with Crippen molar-refractivity contribution in [3.05, 3.63) is 65.7 Å². The second kappa shape index (κ2) is 7.54. The molecule has 2 rings (SSSR count). The number of hydrogen-bond acceptors (Lipinski definition) is 4. The van der Waals surface area contributed by atoms with Crippen LogP contribution in [-0.2, 0) is 20.8 Å². The lowest BCUT2D eigenvalue weighted by atomic mass is 10.2. The van der Waals surface area contributed by atoms with Crippen LogP contribution in [0.3, 0.4) is 0 Å². The van der Waals surface area contributed by atoms with Gasteiger partial charge in [0.25, 0.3) is 10.1 Å². The summed E-state index contributed by atoms with van der Waals surface area (Å²) in [6.07, 6.45) is 0. The summed E-state index contributed by atoms with van der Waals surface area (Å²) in [5.41, 5.74) is 2.16. The van der Waals surface area contributed by atoms with E-state index in [9.17, 15) is 8.42 Å². The minimum absolute atomic E-state index is 0.0690. The molecule has 1 unspecified atom stereocenters. The molecular formula is C17H21NO3S. The zero-order valence-corrected chi connectivity index (χ0v) is 13.6. The molecule has 0 aliphatic carbocycles. The van der Waals surface area contributed by atoms with E-state index in [-0.39, 0.29) is 17.5 Å². The van der Waals surface area contributed by atoms with Crippen molar-refractivity contribution >= 4 is 10.1 Å². The number of benzene rings is 2. The SMILES string of the molecule is Cc1ccc(S(=O)(=O)OCC(C)NCc2ccccc2)cc1. The van der Waals surface area contributed by atoms with Gasteiger partial charge < -0.3 is 5.32 Å². The molecule has 118 valence electrons. The second-order valence-corrected chi connectivity index (χ2v) is 6.93. The Bertz CT molecular complexity index is 682. The third-order valence-corrected chi connectivity index (χ3v) is 4.58. The lowest BCUT2D eigenvalue weighted by Crippen LogP contribution is -2.31. The van der Waals surface area contributed by atoms with E-state index in [0.29, 0.717) is 6.54 Å². The first-order chi connectivity index (χ1) is 10.5. The quantitative estimate of drug-likeness (QED) is 0.797. The zero-order valence-electron chi connectivity index (χ0n) is 12.8. The van der Waals surface area contributed by atoms with Gasteiger partial charge in [0, 0.05) is 12.6 Å². The van der Waals surface area contributed by atoms with Crippen molar-refractivity contribution < 1.29 is 12.6 Å². The minimum Gasteiger partial charge on any atom is -0.308 e. The fraction of sp³-hybridized carbons (Fsp3) is 0.294. The molecule has 2 aromatic carbocycles. The van der Waals surface area contributed by atoms with Crippen molar-refractivity contribution in [1.29, 1.82) is 0 Å². The first kappa shape index (κ1) is 16.7. The monoisotopic (exact) mass is 319 g/mol. The van der Waals surface area contributed by atoms with E-state index in [0.717, 1.165) is 11.1 Å². The molecule has 0 amide bonds.